The molecule has 2 amide bonds. The van der Waals surface area contributed by atoms with Crippen LogP contribution >= 0.6 is 15.9 Å². The highest BCUT2D eigenvalue weighted by Crippen LogP contribution is 2.25. The van der Waals surface area contributed by atoms with Gasteiger partial charge in [0.15, 0.2) is 0 Å². The van der Waals surface area contributed by atoms with Crippen LogP contribution in [0.2, 0.25) is 0 Å². The lowest BCUT2D eigenvalue weighted by Gasteiger charge is -2.14. The van der Waals surface area contributed by atoms with Gasteiger partial charge in [0.05, 0.1) is 11.7 Å². The van der Waals surface area contributed by atoms with E-state index < -0.39 is 0 Å². The topological polar surface area (TPSA) is 67.4 Å². The lowest BCUT2D eigenvalue weighted by molar-refractivity contribution is -0.120. The molecule has 0 aliphatic heterocycles. The fourth-order valence-electron chi connectivity index (χ4n) is 2.37. The minimum Gasteiger partial charge on any atom is -0.490 e. The summed E-state index contributed by atoms with van der Waals surface area (Å²) in [6, 6.07) is 12.8. The largest absolute Gasteiger partial charge is 0.490 e. The van der Waals surface area contributed by atoms with Crippen molar-refractivity contribution in [2.75, 3.05) is 12.4 Å². The molecule has 6 heteroatoms. The fraction of sp³-hybridized carbons (Fsp3) is 0.300. The molecule has 0 aliphatic rings. The molecule has 0 radical (unpaired) electrons. The van der Waals surface area contributed by atoms with Crippen molar-refractivity contribution in [1.29, 1.82) is 0 Å². The molecule has 2 rings (SSSR count). The van der Waals surface area contributed by atoms with E-state index in [0.29, 0.717) is 29.8 Å². The molecule has 0 spiro atoms. The van der Waals surface area contributed by atoms with E-state index in [-0.39, 0.29) is 17.9 Å². The number of nitrogens with one attached hydrogen (secondary N) is 2. The van der Waals surface area contributed by atoms with Crippen molar-refractivity contribution in [3.8, 4) is 5.75 Å². The minimum absolute atomic E-state index is 0.00900. The average molecular weight is 419 g/mol. The first-order valence-electron chi connectivity index (χ1n) is 8.46. The standard InChI is InChI=1S/C20H23BrN2O3/c1-13(2)26-18-10-7-15(21)12-17(18)20(25)23-16-8-4-14(5-9-16)6-11-19(24)22-3/h4-5,7-10,12-13H,6,11H2,1-3H3,(H,22,24)(H,23,25). The molecule has 0 fully saturated rings. The highest BCUT2D eigenvalue weighted by Gasteiger charge is 2.15. The maximum absolute atomic E-state index is 12.6. The van der Waals surface area contributed by atoms with Crippen LogP contribution in [-0.2, 0) is 11.2 Å². The third kappa shape index (κ3) is 5.88. The van der Waals surface area contributed by atoms with E-state index in [2.05, 4.69) is 26.6 Å². The minimum atomic E-state index is -0.236. The number of carbonyl (C=O) groups excluding carboxylic acids is 2. The number of hydrogen-bond acceptors (Lipinski definition) is 3. The summed E-state index contributed by atoms with van der Waals surface area (Å²) in [6.45, 7) is 3.84. The van der Waals surface area contributed by atoms with Gasteiger partial charge in [-0.25, -0.2) is 0 Å². The summed E-state index contributed by atoms with van der Waals surface area (Å²) in [5.74, 6) is 0.317. The van der Waals surface area contributed by atoms with E-state index in [1.54, 1.807) is 19.2 Å². The molecule has 0 aliphatic carbocycles. The van der Waals surface area contributed by atoms with Crippen molar-refractivity contribution in [2.24, 2.45) is 0 Å². The summed E-state index contributed by atoms with van der Waals surface area (Å²) in [5.41, 5.74) is 2.20. The molecular weight excluding hydrogens is 396 g/mol. The third-order valence-electron chi connectivity index (χ3n) is 3.68. The van der Waals surface area contributed by atoms with Crippen molar-refractivity contribution in [3.63, 3.8) is 0 Å². The van der Waals surface area contributed by atoms with Crippen molar-refractivity contribution < 1.29 is 14.3 Å². The average Bonchev–Trinajstić information content (AvgIpc) is 2.61. The van der Waals surface area contributed by atoms with Crippen molar-refractivity contribution >= 4 is 33.4 Å². The van der Waals surface area contributed by atoms with Gasteiger partial charge < -0.3 is 15.4 Å². The first kappa shape index (κ1) is 20.0. The number of benzene rings is 2. The fourth-order valence-corrected chi connectivity index (χ4v) is 2.73. The summed E-state index contributed by atoms with van der Waals surface area (Å²) in [4.78, 5) is 23.9. The monoisotopic (exact) mass is 418 g/mol. The van der Waals surface area contributed by atoms with Crippen LogP contribution in [0.3, 0.4) is 0 Å². The SMILES string of the molecule is CNC(=O)CCc1ccc(NC(=O)c2cc(Br)ccc2OC(C)C)cc1. The smallest absolute Gasteiger partial charge is 0.259 e. The first-order chi connectivity index (χ1) is 12.4. The molecule has 0 heterocycles. The Morgan fingerprint density at radius 1 is 1.12 bits per heavy atom. The van der Waals surface area contributed by atoms with Gasteiger partial charge in [0.2, 0.25) is 5.91 Å². The highest BCUT2D eigenvalue weighted by molar-refractivity contribution is 9.10. The number of hydrogen-bond donors (Lipinski definition) is 2. The Bertz CT molecular complexity index is 773. The third-order valence-corrected chi connectivity index (χ3v) is 4.17. The first-order valence-corrected chi connectivity index (χ1v) is 9.25. The Balaban J connectivity index is 2.08. The van der Waals surface area contributed by atoms with E-state index in [1.807, 2.05) is 44.2 Å². The Morgan fingerprint density at radius 2 is 1.81 bits per heavy atom. The summed E-state index contributed by atoms with van der Waals surface area (Å²) < 4.78 is 6.53. The van der Waals surface area contributed by atoms with Crippen LogP contribution in [-0.4, -0.2) is 25.0 Å². The van der Waals surface area contributed by atoms with E-state index >= 15 is 0 Å². The molecule has 0 saturated carbocycles. The Kier molecular flexibility index (Phi) is 7.21. The molecular formula is C20H23BrN2O3. The van der Waals surface area contributed by atoms with E-state index in [0.717, 1.165) is 10.0 Å². The van der Waals surface area contributed by atoms with Crippen molar-refractivity contribution in [2.45, 2.75) is 32.8 Å². The van der Waals surface area contributed by atoms with Gasteiger partial charge in [0.1, 0.15) is 5.75 Å². The van der Waals surface area contributed by atoms with Gasteiger partial charge in [0.25, 0.3) is 5.91 Å². The van der Waals surface area contributed by atoms with E-state index in [1.165, 1.54) is 0 Å². The second-order valence-electron chi connectivity index (χ2n) is 6.13. The number of halogens is 1. The zero-order chi connectivity index (χ0) is 19.1. The lowest BCUT2D eigenvalue weighted by atomic mass is 10.1. The van der Waals surface area contributed by atoms with Crippen LogP contribution in [0.15, 0.2) is 46.9 Å². The molecule has 138 valence electrons. The van der Waals surface area contributed by atoms with Gasteiger partial charge in [-0.2, -0.15) is 0 Å². The van der Waals surface area contributed by atoms with Gasteiger partial charge >= 0.3 is 0 Å². The molecule has 2 aromatic carbocycles. The number of anilines is 1. The number of aryl methyl sites for hydroxylation is 1. The molecule has 2 aromatic rings. The van der Waals surface area contributed by atoms with E-state index in [9.17, 15) is 9.59 Å². The summed E-state index contributed by atoms with van der Waals surface area (Å²) in [7, 11) is 1.63. The number of carbonyl (C=O) groups is 2. The van der Waals surface area contributed by atoms with Crippen LogP contribution in [0.1, 0.15) is 36.2 Å². The van der Waals surface area contributed by atoms with Crippen LogP contribution in [0.4, 0.5) is 5.69 Å². The Hall–Kier alpha value is -2.34. The van der Waals surface area contributed by atoms with Gasteiger partial charge in [-0.15, -0.1) is 0 Å². The van der Waals surface area contributed by atoms with Crippen molar-refractivity contribution in [1.82, 2.24) is 5.32 Å². The highest BCUT2D eigenvalue weighted by atomic mass is 79.9. The van der Waals surface area contributed by atoms with Crippen LogP contribution < -0.4 is 15.4 Å². The molecule has 26 heavy (non-hydrogen) atoms. The molecule has 5 nitrogen and oxygen atoms in total. The van der Waals surface area contributed by atoms with Crippen molar-refractivity contribution in [3.05, 3.63) is 58.1 Å². The quantitative estimate of drug-likeness (QED) is 0.708. The normalized spacial score (nSPS) is 10.5. The van der Waals surface area contributed by atoms with Crippen LogP contribution in [0, 0.1) is 0 Å². The van der Waals surface area contributed by atoms with Gasteiger partial charge in [0, 0.05) is 23.6 Å². The second-order valence-corrected chi connectivity index (χ2v) is 7.05. The molecule has 0 unspecified atom stereocenters. The molecule has 2 N–H and O–H groups in total. The molecule has 0 bridgehead atoms. The predicted molar refractivity (Wildman–Crippen MR) is 107 cm³/mol. The van der Waals surface area contributed by atoms with Gasteiger partial charge in [-0.1, -0.05) is 28.1 Å². The zero-order valence-electron chi connectivity index (χ0n) is 15.1. The molecule has 0 aromatic heterocycles. The molecule has 0 atom stereocenters. The number of amides is 2. The summed E-state index contributed by atoms with van der Waals surface area (Å²) >= 11 is 3.39. The molecule has 0 saturated heterocycles. The second kappa shape index (κ2) is 9.38. The van der Waals surface area contributed by atoms with Crippen LogP contribution in [0.5, 0.6) is 5.75 Å². The zero-order valence-corrected chi connectivity index (χ0v) is 16.7. The Morgan fingerprint density at radius 3 is 2.42 bits per heavy atom. The summed E-state index contributed by atoms with van der Waals surface area (Å²) in [6.07, 6.45) is 1.07. The predicted octanol–water partition coefficient (Wildman–Crippen LogP) is 4.17. The van der Waals surface area contributed by atoms with E-state index in [4.69, 9.17) is 4.74 Å². The Labute approximate surface area is 162 Å². The summed E-state index contributed by atoms with van der Waals surface area (Å²) in [5, 5.41) is 5.49. The lowest BCUT2D eigenvalue weighted by Crippen LogP contribution is -2.18. The van der Waals surface area contributed by atoms with Crippen LogP contribution in [0.25, 0.3) is 0 Å². The number of ether oxygens (including phenoxy) is 1. The van der Waals surface area contributed by atoms with Gasteiger partial charge in [-0.3, -0.25) is 9.59 Å². The maximum Gasteiger partial charge on any atom is 0.259 e. The van der Waals surface area contributed by atoms with Gasteiger partial charge in [-0.05, 0) is 56.2 Å². The number of rotatable bonds is 7. The maximum atomic E-state index is 12.6.